The summed E-state index contributed by atoms with van der Waals surface area (Å²) < 4.78 is 0. The van der Waals surface area contributed by atoms with Crippen LogP contribution in [0.4, 0.5) is 0 Å². The van der Waals surface area contributed by atoms with Gasteiger partial charge in [0.1, 0.15) is 6.04 Å². The largest absolute Gasteiger partial charge is 0.354 e. The van der Waals surface area contributed by atoms with E-state index in [1.54, 1.807) is 0 Å². The molecule has 1 heterocycles. The van der Waals surface area contributed by atoms with Gasteiger partial charge < -0.3 is 10.6 Å². The molecule has 0 bridgehead atoms. The highest BCUT2D eigenvalue weighted by Gasteiger charge is 2.30. The van der Waals surface area contributed by atoms with Crippen molar-refractivity contribution in [2.24, 2.45) is 5.41 Å². The standard InChI is InChI=1S/C11H20N2O2/c1-4-11(2,3)10(15)13-8-6-5-7-12-9(8)14/h8H,4-7H2,1-3H3,(H,12,14)(H,13,15)/t8-/m0/s1. The van der Waals surface area contributed by atoms with Gasteiger partial charge in [-0.2, -0.15) is 0 Å². The average Bonchev–Trinajstić information content (AvgIpc) is 2.21. The number of carbonyl (C=O) groups is 2. The lowest BCUT2D eigenvalue weighted by Crippen LogP contribution is -2.52. The predicted molar refractivity (Wildman–Crippen MR) is 58.2 cm³/mol. The van der Waals surface area contributed by atoms with E-state index in [-0.39, 0.29) is 17.9 Å². The summed E-state index contributed by atoms with van der Waals surface area (Å²) in [7, 11) is 0. The topological polar surface area (TPSA) is 58.2 Å². The number of piperidine rings is 1. The summed E-state index contributed by atoms with van der Waals surface area (Å²) in [5, 5.41) is 5.56. The van der Waals surface area contributed by atoms with Crippen LogP contribution in [0.3, 0.4) is 0 Å². The molecule has 2 N–H and O–H groups in total. The van der Waals surface area contributed by atoms with Crippen LogP contribution in [0.25, 0.3) is 0 Å². The smallest absolute Gasteiger partial charge is 0.242 e. The molecule has 0 aliphatic carbocycles. The number of amides is 2. The number of hydrogen-bond donors (Lipinski definition) is 2. The Bertz CT molecular complexity index is 261. The minimum absolute atomic E-state index is 0.0351. The molecule has 2 amide bonds. The Morgan fingerprint density at radius 3 is 2.80 bits per heavy atom. The Morgan fingerprint density at radius 1 is 1.60 bits per heavy atom. The second-order valence-electron chi connectivity index (χ2n) is 4.70. The first-order valence-corrected chi connectivity index (χ1v) is 5.56. The number of carbonyl (C=O) groups excluding carboxylic acids is 2. The molecule has 1 aliphatic rings. The van der Waals surface area contributed by atoms with E-state index in [1.807, 2.05) is 20.8 Å². The van der Waals surface area contributed by atoms with E-state index in [0.29, 0.717) is 0 Å². The van der Waals surface area contributed by atoms with Gasteiger partial charge in [0.25, 0.3) is 0 Å². The summed E-state index contributed by atoms with van der Waals surface area (Å²) in [5.74, 6) is -0.0893. The maximum Gasteiger partial charge on any atom is 0.242 e. The second-order valence-corrected chi connectivity index (χ2v) is 4.70. The van der Waals surface area contributed by atoms with Crippen LogP contribution in [-0.4, -0.2) is 24.4 Å². The molecule has 4 nitrogen and oxygen atoms in total. The number of rotatable bonds is 3. The molecule has 0 aromatic carbocycles. The molecule has 1 atom stereocenters. The third kappa shape index (κ3) is 2.94. The SMILES string of the molecule is CCC(C)(C)C(=O)N[C@H]1CCCNC1=O. The van der Waals surface area contributed by atoms with Crippen LogP contribution < -0.4 is 10.6 Å². The van der Waals surface area contributed by atoms with Crippen molar-refractivity contribution in [3.63, 3.8) is 0 Å². The Labute approximate surface area is 90.8 Å². The van der Waals surface area contributed by atoms with Gasteiger partial charge in [0, 0.05) is 12.0 Å². The monoisotopic (exact) mass is 212 g/mol. The van der Waals surface area contributed by atoms with Gasteiger partial charge >= 0.3 is 0 Å². The Hall–Kier alpha value is -1.06. The number of hydrogen-bond acceptors (Lipinski definition) is 2. The molecule has 0 aromatic heterocycles. The average molecular weight is 212 g/mol. The van der Waals surface area contributed by atoms with Crippen LogP contribution in [0, 0.1) is 5.41 Å². The van der Waals surface area contributed by atoms with Crippen molar-refractivity contribution >= 4 is 11.8 Å². The summed E-state index contributed by atoms with van der Waals surface area (Å²) >= 11 is 0. The van der Waals surface area contributed by atoms with E-state index < -0.39 is 5.41 Å². The van der Waals surface area contributed by atoms with Crippen molar-refractivity contribution in [1.82, 2.24) is 10.6 Å². The van der Waals surface area contributed by atoms with Crippen LogP contribution in [0.5, 0.6) is 0 Å². The first kappa shape index (κ1) is 12.0. The molecule has 1 rings (SSSR count). The van der Waals surface area contributed by atoms with Crippen LogP contribution in [0.15, 0.2) is 0 Å². The first-order valence-electron chi connectivity index (χ1n) is 5.56. The fraction of sp³-hybridized carbons (Fsp3) is 0.818. The Kier molecular flexibility index (Phi) is 3.72. The highest BCUT2D eigenvalue weighted by Crippen LogP contribution is 2.20. The second kappa shape index (κ2) is 4.64. The van der Waals surface area contributed by atoms with Crippen molar-refractivity contribution in [2.75, 3.05) is 6.54 Å². The van der Waals surface area contributed by atoms with Crippen molar-refractivity contribution in [1.29, 1.82) is 0 Å². The van der Waals surface area contributed by atoms with Gasteiger partial charge in [-0.15, -0.1) is 0 Å². The summed E-state index contributed by atoms with van der Waals surface area (Å²) in [4.78, 5) is 23.2. The van der Waals surface area contributed by atoms with Crippen molar-refractivity contribution in [3.05, 3.63) is 0 Å². The summed E-state index contributed by atoms with van der Waals surface area (Å²) in [6.07, 6.45) is 2.45. The van der Waals surface area contributed by atoms with Gasteiger partial charge in [0.2, 0.25) is 11.8 Å². The van der Waals surface area contributed by atoms with Crippen LogP contribution in [0.1, 0.15) is 40.0 Å². The highest BCUT2D eigenvalue weighted by atomic mass is 16.2. The third-order valence-corrected chi connectivity index (χ3v) is 3.09. The lowest BCUT2D eigenvalue weighted by atomic mass is 9.88. The van der Waals surface area contributed by atoms with E-state index in [4.69, 9.17) is 0 Å². The summed E-state index contributed by atoms with van der Waals surface area (Å²) in [5.41, 5.74) is -0.391. The van der Waals surface area contributed by atoms with E-state index >= 15 is 0 Å². The fourth-order valence-electron chi connectivity index (χ4n) is 1.42. The Morgan fingerprint density at radius 2 is 2.27 bits per heavy atom. The summed E-state index contributed by atoms with van der Waals surface area (Å²) in [6.45, 7) is 6.48. The first-order chi connectivity index (χ1) is 6.97. The Balaban J connectivity index is 2.53. The van der Waals surface area contributed by atoms with Gasteiger partial charge in [-0.3, -0.25) is 9.59 Å². The lowest BCUT2D eigenvalue weighted by molar-refractivity contribution is -0.135. The molecular weight excluding hydrogens is 192 g/mol. The molecule has 0 radical (unpaired) electrons. The van der Waals surface area contributed by atoms with Gasteiger partial charge in [-0.05, 0) is 19.3 Å². The molecule has 1 saturated heterocycles. The quantitative estimate of drug-likeness (QED) is 0.727. The summed E-state index contributed by atoms with van der Waals surface area (Å²) in [6, 6.07) is -0.336. The van der Waals surface area contributed by atoms with E-state index in [1.165, 1.54) is 0 Å². The van der Waals surface area contributed by atoms with Crippen LogP contribution in [0.2, 0.25) is 0 Å². The minimum atomic E-state index is -0.391. The maximum atomic E-state index is 11.8. The lowest BCUT2D eigenvalue weighted by Gasteiger charge is -2.28. The number of nitrogens with one attached hydrogen (secondary N) is 2. The van der Waals surface area contributed by atoms with E-state index in [0.717, 1.165) is 25.8 Å². The molecule has 1 aliphatic heterocycles. The van der Waals surface area contributed by atoms with Crippen molar-refractivity contribution < 1.29 is 9.59 Å². The molecule has 0 saturated carbocycles. The maximum absolute atomic E-state index is 11.8. The van der Waals surface area contributed by atoms with Gasteiger partial charge in [0.15, 0.2) is 0 Å². The predicted octanol–water partition coefficient (Wildman–Crippen LogP) is 0.817. The van der Waals surface area contributed by atoms with Crippen molar-refractivity contribution in [2.45, 2.75) is 46.1 Å². The van der Waals surface area contributed by atoms with Gasteiger partial charge in [0.05, 0.1) is 0 Å². The molecule has 0 unspecified atom stereocenters. The zero-order valence-electron chi connectivity index (χ0n) is 9.72. The van der Waals surface area contributed by atoms with E-state index in [9.17, 15) is 9.59 Å². The minimum Gasteiger partial charge on any atom is -0.354 e. The van der Waals surface area contributed by atoms with Crippen LogP contribution in [-0.2, 0) is 9.59 Å². The van der Waals surface area contributed by atoms with Gasteiger partial charge in [-0.1, -0.05) is 20.8 Å². The normalized spacial score (nSPS) is 22.1. The third-order valence-electron chi connectivity index (χ3n) is 3.09. The highest BCUT2D eigenvalue weighted by molar-refractivity contribution is 5.90. The molecule has 1 fully saturated rings. The van der Waals surface area contributed by atoms with Crippen LogP contribution >= 0.6 is 0 Å². The molecule has 86 valence electrons. The van der Waals surface area contributed by atoms with Gasteiger partial charge in [-0.25, -0.2) is 0 Å². The fourth-order valence-corrected chi connectivity index (χ4v) is 1.42. The molecule has 4 heteroatoms. The molecule has 0 spiro atoms. The zero-order valence-corrected chi connectivity index (χ0v) is 9.72. The zero-order chi connectivity index (χ0) is 11.5. The van der Waals surface area contributed by atoms with E-state index in [2.05, 4.69) is 10.6 Å². The van der Waals surface area contributed by atoms with Crippen molar-refractivity contribution in [3.8, 4) is 0 Å². The molecule has 15 heavy (non-hydrogen) atoms. The molecular formula is C11H20N2O2. The molecule has 0 aromatic rings.